The Morgan fingerprint density at radius 3 is 1.27 bits per heavy atom. The third kappa shape index (κ3) is 41.5. The molecular formula is C63H110O12. The molecule has 0 radical (unpaired) electrons. The first-order valence-corrected chi connectivity index (χ1v) is 30.6. The van der Waals surface area contributed by atoms with E-state index in [1.807, 2.05) is 0 Å². The average Bonchev–Trinajstić information content (AvgIpc) is 3.39. The summed E-state index contributed by atoms with van der Waals surface area (Å²) in [6.07, 6.45) is 49.3. The van der Waals surface area contributed by atoms with Crippen molar-refractivity contribution < 1.29 is 58.2 Å². The predicted molar refractivity (Wildman–Crippen MR) is 303 cm³/mol. The van der Waals surface area contributed by atoms with Crippen molar-refractivity contribution in [2.75, 3.05) is 13.2 Å². The van der Waals surface area contributed by atoms with E-state index in [1.165, 1.54) is 96.3 Å². The molecule has 0 aromatic heterocycles. The van der Waals surface area contributed by atoms with Gasteiger partial charge in [0.25, 0.3) is 0 Å². The van der Waals surface area contributed by atoms with E-state index >= 15 is 0 Å². The van der Waals surface area contributed by atoms with Crippen LogP contribution >= 0.6 is 0 Å². The minimum Gasteiger partial charge on any atom is -0.479 e. The van der Waals surface area contributed by atoms with E-state index in [-0.39, 0.29) is 25.9 Å². The molecule has 0 aromatic rings. The summed E-state index contributed by atoms with van der Waals surface area (Å²) in [5.74, 6) is -3.14. The topological polar surface area (TPSA) is 175 Å². The SMILES string of the molecule is CCC/C=C\C/C=C\CCCCCCCC(=O)OC(COC(=O)CCCCCCC/C=C\CCCCCCCC)COC1OC(C(=O)O)C(O)C(O)C1OC(=O)CCCCCCCCC/C=C\CCCCCCCC. The largest absolute Gasteiger partial charge is 0.479 e. The van der Waals surface area contributed by atoms with Gasteiger partial charge in [0, 0.05) is 19.3 Å². The zero-order valence-electron chi connectivity index (χ0n) is 47.8. The monoisotopic (exact) mass is 1060 g/mol. The molecule has 0 spiro atoms. The Labute approximate surface area is 456 Å². The molecule has 3 N–H and O–H groups in total. The second kappa shape index (κ2) is 51.4. The molecule has 0 aromatic carbocycles. The molecule has 75 heavy (non-hydrogen) atoms. The third-order valence-electron chi connectivity index (χ3n) is 13.8. The van der Waals surface area contributed by atoms with Crippen LogP contribution in [0.2, 0.25) is 0 Å². The highest BCUT2D eigenvalue weighted by molar-refractivity contribution is 5.74. The van der Waals surface area contributed by atoms with Gasteiger partial charge >= 0.3 is 23.9 Å². The summed E-state index contributed by atoms with van der Waals surface area (Å²) in [6.45, 7) is 5.92. The van der Waals surface area contributed by atoms with Crippen LogP contribution in [0.1, 0.15) is 278 Å². The minimum absolute atomic E-state index is 0.0543. The van der Waals surface area contributed by atoms with E-state index in [0.717, 1.165) is 122 Å². The van der Waals surface area contributed by atoms with Crippen LogP contribution in [-0.4, -0.2) is 89.2 Å². The molecule has 0 aliphatic carbocycles. The van der Waals surface area contributed by atoms with Crippen LogP contribution in [0.3, 0.4) is 0 Å². The van der Waals surface area contributed by atoms with Gasteiger partial charge in [-0.25, -0.2) is 4.79 Å². The lowest BCUT2D eigenvalue weighted by molar-refractivity contribution is -0.301. The zero-order valence-corrected chi connectivity index (χ0v) is 47.8. The van der Waals surface area contributed by atoms with E-state index in [9.17, 15) is 34.5 Å². The molecule has 0 bridgehead atoms. The smallest absolute Gasteiger partial charge is 0.335 e. The maximum absolute atomic E-state index is 13.1. The lowest BCUT2D eigenvalue weighted by atomic mass is 9.98. The third-order valence-corrected chi connectivity index (χ3v) is 13.8. The number of aliphatic carboxylic acids is 1. The van der Waals surface area contributed by atoms with Crippen LogP contribution in [0.15, 0.2) is 48.6 Å². The highest BCUT2D eigenvalue weighted by Gasteiger charge is 2.50. The fraction of sp³-hybridized carbons (Fsp3) is 0.810. The maximum atomic E-state index is 13.1. The number of rotatable bonds is 52. The molecule has 1 aliphatic heterocycles. The first kappa shape index (κ1) is 69.7. The zero-order chi connectivity index (χ0) is 54.7. The number of hydrogen-bond donors (Lipinski definition) is 3. The Balaban J connectivity index is 2.68. The van der Waals surface area contributed by atoms with Crippen LogP contribution in [0.4, 0.5) is 0 Å². The number of hydrogen-bond acceptors (Lipinski definition) is 11. The van der Waals surface area contributed by atoms with E-state index < -0.39 is 67.3 Å². The maximum Gasteiger partial charge on any atom is 0.335 e. The quantitative estimate of drug-likeness (QED) is 0.0228. The standard InChI is InChI=1S/C63H110O12/c1-4-7-10-13-16-19-22-25-27-28-30-33-36-39-42-45-48-51-57(66)74-61-59(68)58(67)60(62(69)70)75-63(61)72-53-54(73-56(65)50-47-44-41-38-35-31-24-21-18-15-12-9-6-3)52-71-55(64)49-46-43-40-37-34-32-29-26-23-20-17-14-11-8-5-2/h12,15,21,24-27,29,54,58-61,63,67-68H,4-11,13-14,16-20,22-23,28,30-53H2,1-3H3,(H,69,70)/b15-12-,24-21-,27-25-,29-26-. The summed E-state index contributed by atoms with van der Waals surface area (Å²) < 4.78 is 28.4. The van der Waals surface area contributed by atoms with Gasteiger partial charge in [-0.1, -0.05) is 211 Å². The molecule has 1 saturated heterocycles. The second-order valence-corrected chi connectivity index (χ2v) is 21.0. The molecular weight excluding hydrogens is 949 g/mol. The summed E-state index contributed by atoms with van der Waals surface area (Å²) in [5.41, 5.74) is 0. The van der Waals surface area contributed by atoms with Crippen LogP contribution in [0.5, 0.6) is 0 Å². The fourth-order valence-corrected chi connectivity index (χ4v) is 9.10. The number of carbonyl (C=O) groups is 4. The lowest BCUT2D eigenvalue weighted by Crippen LogP contribution is -2.61. The van der Waals surface area contributed by atoms with Gasteiger partial charge in [0.15, 0.2) is 24.6 Å². The highest BCUT2D eigenvalue weighted by Crippen LogP contribution is 2.26. The molecule has 1 heterocycles. The van der Waals surface area contributed by atoms with E-state index in [1.54, 1.807) is 0 Å². The number of aliphatic hydroxyl groups excluding tert-OH is 2. The molecule has 1 aliphatic rings. The van der Waals surface area contributed by atoms with Crippen LogP contribution < -0.4 is 0 Å². The number of carboxylic acids is 1. The van der Waals surface area contributed by atoms with Crippen molar-refractivity contribution in [3.63, 3.8) is 0 Å². The van der Waals surface area contributed by atoms with Gasteiger partial charge in [-0.05, 0) is 96.3 Å². The molecule has 434 valence electrons. The van der Waals surface area contributed by atoms with Gasteiger partial charge in [0.05, 0.1) is 6.61 Å². The Morgan fingerprint density at radius 2 is 0.827 bits per heavy atom. The second-order valence-electron chi connectivity index (χ2n) is 21.0. The Hall–Kier alpha value is -3.32. The summed E-state index contributed by atoms with van der Waals surface area (Å²) in [5, 5.41) is 31.5. The summed E-state index contributed by atoms with van der Waals surface area (Å²) >= 11 is 0. The van der Waals surface area contributed by atoms with Gasteiger partial charge in [-0.3, -0.25) is 14.4 Å². The molecule has 1 rings (SSSR count). The normalized spacial score (nSPS) is 18.4. The minimum atomic E-state index is -1.91. The first-order chi connectivity index (χ1) is 36.6. The van der Waals surface area contributed by atoms with Gasteiger partial charge < -0.3 is 39.0 Å². The van der Waals surface area contributed by atoms with Crippen molar-refractivity contribution >= 4 is 23.9 Å². The number of carboxylic acid groups (broad SMARTS) is 1. The Kier molecular flexibility index (Phi) is 47.8. The highest BCUT2D eigenvalue weighted by atomic mass is 16.7. The van der Waals surface area contributed by atoms with Crippen molar-refractivity contribution in [2.45, 2.75) is 314 Å². The van der Waals surface area contributed by atoms with Gasteiger partial charge in [-0.15, -0.1) is 0 Å². The summed E-state index contributed by atoms with van der Waals surface area (Å²) in [6, 6.07) is 0. The number of allylic oxidation sites excluding steroid dienone is 8. The number of esters is 3. The van der Waals surface area contributed by atoms with Crippen LogP contribution in [0, 0.1) is 0 Å². The van der Waals surface area contributed by atoms with Crippen LogP contribution in [0.25, 0.3) is 0 Å². The Bertz CT molecular complexity index is 1490. The summed E-state index contributed by atoms with van der Waals surface area (Å²) in [7, 11) is 0. The van der Waals surface area contributed by atoms with Gasteiger partial charge in [-0.2, -0.15) is 0 Å². The summed E-state index contributed by atoms with van der Waals surface area (Å²) in [4.78, 5) is 51.1. The number of unbranched alkanes of at least 4 members (excludes halogenated alkanes) is 30. The fourth-order valence-electron chi connectivity index (χ4n) is 9.10. The van der Waals surface area contributed by atoms with Crippen molar-refractivity contribution in [1.29, 1.82) is 0 Å². The molecule has 6 unspecified atom stereocenters. The van der Waals surface area contributed by atoms with Gasteiger partial charge in [0.2, 0.25) is 0 Å². The molecule has 12 nitrogen and oxygen atoms in total. The van der Waals surface area contributed by atoms with Crippen LogP contribution in [-0.2, 0) is 42.9 Å². The van der Waals surface area contributed by atoms with Gasteiger partial charge in [0.1, 0.15) is 18.8 Å². The number of carbonyl (C=O) groups excluding carboxylic acids is 3. The first-order valence-electron chi connectivity index (χ1n) is 30.6. The van der Waals surface area contributed by atoms with E-state index in [4.69, 9.17) is 23.7 Å². The number of aliphatic hydroxyl groups is 2. The molecule has 0 saturated carbocycles. The van der Waals surface area contributed by atoms with Crippen molar-refractivity contribution in [2.24, 2.45) is 0 Å². The number of ether oxygens (including phenoxy) is 5. The van der Waals surface area contributed by atoms with Crippen molar-refractivity contribution in [3.8, 4) is 0 Å². The van der Waals surface area contributed by atoms with E-state index in [2.05, 4.69) is 69.4 Å². The molecule has 6 atom stereocenters. The average molecular weight is 1060 g/mol. The van der Waals surface area contributed by atoms with Crippen molar-refractivity contribution in [3.05, 3.63) is 48.6 Å². The lowest BCUT2D eigenvalue weighted by Gasteiger charge is -2.40. The predicted octanol–water partition coefficient (Wildman–Crippen LogP) is 15.8. The molecule has 12 heteroatoms. The molecule has 1 fully saturated rings. The van der Waals surface area contributed by atoms with Crippen molar-refractivity contribution in [1.82, 2.24) is 0 Å². The Morgan fingerprint density at radius 1 is 0.440 bits per heavy atom. The van der Waals surface area contributed by atoms with E-state index in [0.29, 0.717) is 19.3 Å². The molecule has 0 amide bonds.